The molecule has 1 heterocycles. The maximum absolute atomic E-state index is 12.9. The molecule has 0 saturated carbocycles. The topological polar surface area (TPSA) is 65.5 Å². The van der Waals surface area contributed by atoms with Crippen molar-refractivity contribution in [3.63, 3.8) is 0 Å². The number of nitrogens with two attached hydrogens (primary N) is 1. The molecule has 1 aromatic heterocycles. The van der Waals surface area contributed by atoms with Gasteiger partial charge in [0.25, 0.3) is 0 Å². The predicted molar refractivity (Wildman–Crippen MR) is 111 cm³/mol. The fourth-order valence-corrected chi connectivity index (χ4v) is 3.34. The van der Waals surface area contributed by atoms with Crippen molar-refractivity contribution in [2.24, 2.45) is 0 Å². The Bertz CT molecular complexity index is 1170. The van der Waals surface area contributed by atoms with E-state index in [9.17, 15) is 4.79 Å². The van der Waals surface area contributed by atoms with Crippen molar-refractivity contribution in [1.82, 2.24) is 0 Å². The van der Waals surface area contributed by atoms with Gasteiger partial charge in [0, 0.05) is 17.0 Å². The van der Waals surface area contributed by atoms with E-state index in [1.54, 1.807) is 24.3 Å². The number of ketones is 1. The monoisotopic (exact) mass is 391 g/mol. The lowest BCUT2D eigenvalue weighted by molar-refractivity contribution is 0.101. The molecule has 4 rings (SSSR count). The molecule has 0 amide bonds. The Morgan fingerprint density at radius 2 is 1.86 bits per heavy atom. The van der Waals surface area contributed by atoms with E-state index in [1.165, 1.54) is 0 Å². The van der Waals surface area contributed by atoms with Crippen LogP contribution in [0.4, 0.5) is 5.69 Å². The summed E-state index contributed by atoms with van der Waals surface area (Å²) in [5.41, 5.74) is 9.36. The largest absolute Gasteiger partial charge is 0.489 e. The Morgan fingerprint density at radius 1 is 1.07 bits per heavy atom. The van der Waals surface area contributed by atoms with Crippen LogP contribution in [0.2, 0.25) is 5.02 Å². The van der Waals surface area contributed by atoms with Gasteiger partial charge in [-0.2, -0.15) is 0 Å². The van der Waals surface area contributed by atoms with Crippen LogP contribution in [-0.2, 0) is 6.61 Å². The van der Waals surface area contributed by atoms with Crippen LogP contribution in [-0.4, -0.2) is 5.78 Å². The van der Waals surface area contributed by atoms with E-state index >= 15 is 0 Å². The minimum atomic E-state index is -0.342. The average molecular weight is 392 g/mol. The third-order valence-corrected chi connectivity index (χ3v) is 4.84. The number of benzene rings is 3. The molecule has 4 nitrogen and oxygen atoms in total. The van der Waals surface area contributed by atoms with Crippen molar-refractivity contribution in [1.29, 1.82) is 0 Å². The zero-order chi connectivity index (χ0) is 19.7. The number of nitrogen functional groups attached to an aromatic ring is 1. The first-order valence-corrected chi connectivity index (χ1v) is 9.20. The van der Waals surface area contributed by atoms with E-state index in [0.29, 0.717) is 39.6 Å². The number of aryl methyl sites for hydroxylation is 1. The molecule has 0 aliphatic rings. The van der Waals surface area contributed by atoms with Gasteiger partial charge in [0.1, 0.15) is 17.9 Å². The van der Waals surface area contributed by atoms with Crippen LogP contribution in [0, 0.1) is 6.92 Å². The first-order valence-electron chi connectivity index (χ1n) is 8.82. The molecule has 4 aromatic rings. The van der Waals surface area contributed by atoms with Crippen LogP contribution in [0.15, 0.2) is 71.1 Å². The van der Waals surface area contributed by atoms with E-state index < -0.39 is 0 Å². The molecule has 0 unspecified atom stereocenters. The van der Waals surface area contributed by atoms with Gasteiger partial charge in [-0.25, -0.2) is 0 Å². The highest BCUT2D eigenvalue weighted by Crippen LogP contribution is 2.33. The second-order valence-corrected chi connectivity index (χ2v) is 7.00. The summed E-state index contributed by atoms with van der Waals surface area (Å²) < 4.78 is 11.6. The van der Waals surface area contributed by atoms with Gasteiger partial charge in [-0.1, -0.05) is 48.0 Å². The number of anilines is 1. The van der Waals surface area contributed by atoms with Crippen molar-refractivity contribution in [3.8, 4) is 5.75 Å². The first kappa shape index (κ1) is 18.1. The van der Waals surface area contributed by atoms with Crippen molar-refractivity contribution in [3.05, 3.63) is 94.2 Å². The van der Waals surface area contributed by atoms with Crippen LogP contribution in [0.5, 0.6) is 5.75 Å². The normalized spacial score (nSPS) is 10.9. The van der Waals surface area contributed by atoms with Crippen molar-refractivity contribution in [2.45, 2.75) is 13.5 Å². The SMILES string of the molecule is Cc1ccc(C(=O)c2oc3cc(OCc4ccccc4)ccc3c2N)c(Cl)c1. The number of carbonyl (C=O) groups is 1. The molecular formula is C23H18ClNO3. The first-order chi connectivity index (χ1) is 13.5. The summed E-state index contributed by atoms with van der Waals surface area (Å²) in [7, 11) is 0. The summed E-state index contributed by atoms with van der Waals surface area (Å²) >= 11 is 6.23. The molecule has 0 atom stereocenters. The van der Waals surface area contributed by atoms with Gasteiger partial charge in [0.15, 0.2) is 5.76 Å². The lowest BCUT2D eigenvalue weighted by Gasteiger charge is -2.05. The molecule has 0 saturated heterocycles. The number of ether oxygens (including phenoxy) is 1. The molecule has 0 aliphatic heterocycles. The summed E-state index contributed by atoms with van der Waals surface area (Å²) in [6.07, 6.45) is 0. The Morgan fingerprint density at radius 3 is 2.61 bits per heavy atom. The predicted octanol–water partition coefficient (Wildman–Crippen LogP) is 5.79. The van der Waals surface area contributed by atoms with Gasteiger partial charge in [-0.3, -0.25) is 4.79 Å². The lowest BCUT2D eigenvalue weighted by atomic mass is 10.1. The summed E-state index contributed by atoms with van der Waals surface area (Å²) in [5, 5.41) is 1.04. The number of hydrogen-bond donors (Lipinski definition) is 1. The second-order valence-electron chi connectivity index (χ2n) is 6.59. The highest BCUT2D eigenvalue weighted by molar-refractivity contribution is 6.35. The number of hydrogen-bond acceptors (Lipinski definition) is 4. The molecule has 2 N–H and O–H groups in total. The number of fused-ring (bicyclic) bond motifs is 1. The highest BCUT2D eigenvalue weighted by Gasteiger charge is 2.22. The summed E-state index contributed by atoms with van der Waals surface area (Å²) in [4.78, 5) is 12.9. The van der Waals surface area contributed by atoms with Crippen LogP contribution in [0.3, 0.4) is 0 Å². The number of furan rings is 1. The zero-order valence-electron chi connectivity index (χ0n) is 15.2. The molecule has 140 valence electrons. The second kappa shape index (κ2) is 7.41. The van der Waals surface area contributed by atoms with Gasteiger partial charge in [0.05, 0.1) is 10.7 Å². The van der Waals surface area contributed by atoms with Crippen LogP contribution < -0.4 is 10.5 Å². The minimum Gasteiger partial charge on any atom is -0.489 e. The standard InChI is InChI=1S/C23H18ClNO3/c1-14-7-9-17(19(24)11-14)22(26)23-21(25)18-10-8-16(12-20(18)28-23)27-13-15-5-3-2-4-6-15/h2-12H,13,25H2,1H3. The van der Waals surface area contributed by atoms with Gasteiger partial charge in [0.2, 0.25) is 5.78 Å². The molecule has 0 radical (unpaired) electrons. The van der Waals surface area contributed by atoms with Crippen LogP contribution in [0.25, 0.3) is 11.0 Å². The molecule has 0 aliphatic carbocycles. The van der Waals surface area contributed by atoms with E-state index in [0.717, 1.165) is 11.1 Å². The van der Waals surface area contributed by atoms with Crippen LogP contribution in [0.1, 0.15) is 27.2 Å². The number of halogens is 1. The summed E-state index contributed by atoms with van der Waals surface area (Å²) in [5.74, 6) is 0.379. The van der Waals surface area contributed by atoms with E-state index in [4.69, 9.17) is 26.5 Å². The Hall–Kier alpha value is -3.24. The van der Waals surface area contributed by atoms with Gasteiger partial charge < -0.3 is 14.9 Å². The van der Waals surface area contributed by atoms with Crippen molar-refractivity contribution < 1.29 is 13.9 Å². The molecule has 0 fully saturated rings. The van der Waals surface area contributed by atoms with Gasteiger partial charge in [-0.15, -0.1) is 0 Å². The Labute approximate surface area is 167 Å². The number of carbonyl (C=O) groups excluding carboxylic acids is 1. The molecule has 28 heavy (non-hydrogen) atoms. The molecular weight excluding hydrogens is 374 g/mol. The van der Waals surface area contributed by atoms with E-state index in [1.807, 2.05) is 49.4 Å². The minimum absolute atomic E-state index is 0.0842. The zero-order valence-corrected chi connectivity index (χ0v) is 16.0. The maximum Gasteiger partial charge on any atom is 0.231 e. The van der Waals surface area contributed by atoms with Gasteiger partial charge >= 0.3 is 0 Å². The van der Waals surface area contributed by atoms with E-state index in [2.05, 4.69) is 0 Å². The fraction of sp³-hybridized carbons (Fsp3) is 0.0870. The summed E-state index contributed by atoms with van der Waals surface area (Å²) in [6.45, 7) is 2.35. The number of rotatable bonds is 5. The molecule has 0 spiro atoms. The molecule has 3 aromatic carbocycles. The van der Waals surface area contributed by atoms with Gasteiger partial charge in [-0.05, 0) is 42.3 Å². The third kappa shape index (κ3) is 3.47. The molecule has 5 heteroatoms. The summed E-state index contributed by atoms with van der Waals surface area (Å²) in [6, 6.07) is 20.5. The van der Waals surface area contributed by atoms with Crippen molar-refractivity contribution in [2.75, 3.05) is 5.73 Å². The Balaban J connectivity index is 1.63. The lowest BCUT2D eigenvalue weighted by Crippen LogP contribution is -2.04. The quantitative estimate of drug-likeness (QED) is 0.437. The maximum atomic E-state index is 12.9. The van der Waals surface area contributed by atoms with Crippen molar-refractivity contribution >= 4 is 34.0 Å². The smallest absolute Gasteiger partial charge is 0.231 e. The van der Waals surface area contributed by atoms with E-state index in [-0.39, 0.29) is 11.5 Å². The highest BCUT2D eigenvalue weighted by atomic mass is 35.5. The Kier molecular flexibility index (Phi) is 4.80. The average Bonchev–Trinajstić information content (AvgIpc) is 3.03. The fourth-order valence-electron chi connectivity index (χ4n) is 3.02. The third-order valence-electron chi connectivity index (χ3n) is 4.52. The molecule has 0 bridgehead atoms. The van der Waals surface area contributed by atoms with Crippen LogP contribution >= 0.6 is 11.6 Å².